The second-order valence-corrected chi connectivity index (χ2v) is 8.29. The summed E-state index contributed by atoms with van der Waals surface area (Å²) >= 11 is 0. The van der Waals surface area contributed by atoms with Gasteiger partial charge in [0.25, 0.3) is 11.8 Å². The van der Waals surface area contributed by atoms with Crippen LogP contribution in [0.4, 0.5) is 0 Å². The minimum absolute atomic E-state index is 0.0192. The van der Waals surface area contributed by atoms with Crippen molar-refractivity contribution in [3.05, 3.63) is 65.7 Å². The highest BCUT2D eigenvalue weighted by molar-refractivity contribution is 5.94. The zero-order valence-electron chi connectivity index (χ0n) is 16.6. The highest BCUT2D eigenvalue weighted by atomic mass is 16.5. The van der Waals surface area contributed by atoms with Gasteiger partial charge in [-0.2, -0.15) is 4.98 Å². The van der Waals surface area contributed by atoms with Gasteiger partial charge in [0.1, 0.15) is 5.69 Å². The maximum absolute atomic E-state index is 12.8. The number of amides is 1. The number of aromatic nitrogens is 3. The van der Waals surface area contributed by atoms with E-state index in [0.29, 0.717) is 17.4 Å². The van der Waals surface area contributed by atoms with Crippen LogP contribution in [0.3, 0.4) is 0 Å². The number of carbonyl (C=O) groups excluding carboxylic acids is 1. The molecule has 1 aromatic carbocycles. The molecule has 2 aliphatic rings. The van der Waals surface area contributed by atoms with Crippen LogP contribution in [0.1, 0.15) is 34.3 Å². The van der Waals surface area contributed by atoms with E-state index in [4.69, 9.17) is 4.52 Å². The lowest BCUT2D eigenvalue weighted by molar-refractivity contribution is 0.0110. The molecule has 0 radical (unpaired) electrons. The second kappa shape index (κ2) is 6.77. The molecule has 7 heteroatoms. The predicted molar refractivity (Wildman–Crippen MR) is 107 cm³/mol. The fourth-order valence-corrected chi connectivity index (χ4v) is 4.62. The van der Waals surface area contributed by atoms with Gasteiger partial charge in [-0.05, 0) is 44.2 Å². The number of carbonyl (C=O) groups is 1. The molecule has 3 aromatic rings. The third kappa shape index (κ3) is 3.11. The number of benzene rings is 1. The summed E-state index contributed by atoms with van der Waals surface area (Å²) in [5.41, 5.74) is 2.48. The lowest BCUT2D eigenvalue weighted by Crippen LogP contribution is -2.59. The number of rotatable bonds is 3. The van der Waals surface area contributed by atoms with E-state index >= 15 is 0 Å². The first kappa shape index (κ1) is 18.0. The Bertz CT molecular complexity index is 1040. The van der Waals surface area contributed by atoms with E-state index in [2.05, 4.69) is 27.1 Å². The molecule has 2 saturated heterocycles. The molecule has 1 atom stereocenters. The Morgan fingerprint density at radius 2 is 1.93 bits per heavy atom. The molecule has 4 heterocycles. The lowest BCUT2D eigenvalue weighted by atomic mass is 9.77. The quantitative estimate of drug-likeness (QED) is 0.686. The standard InChI is InChI=1S/C22H23N5O2/c1-15-7-6-10-23-18(15)21(28)27-13-22(14-27)11-17(26(2)12-22)19-24-20(29-25-19)16-8-4-3-5-9-16/h3-10,17H,11-14H2,1-2H3. The van der Waals surface area contributed by atoms with E-state index in [1.165, 1.54) is 0 Å². The number of hydrogen-bond donors (Lipinski definition) is 0. The average Bonchev–Trinajstić information content (AvgIpc) is 3.32. The van der Waals surface area contributed by atoms with Crippen LogP contribution in [0, 0.1) is 12.3 Å². The molecule has 2 fully saturated rings. The number of hydrogen-bond acceptors (Lipinski definition) is 6. The molecular weight excluding hydrogens is 366 g/mol. The molecule has 0 N–H and O–H groups in total. The van der Waals surface area contributed by atoms with E-state index in [0.717, 1.165) is 37.2 Å². The van der Waals surface area contributed by atoms with Crippen molar-refractivity contribution in [2.45, 2.75) is 19.4 Å². The van der Waals surface area contributed by atoms with Gasteiger partial charge in [-0.15, -0.1) is 0 Å². The van der Waals surface area contributed by atoms with Crippen molar-refractivity contribution in [3.63, 3.8) is 0 Å². The van der Waals surface area contributed by atoms with E-state index < -0.39 is 0 Å². The molecule has 2 aliphatic heterocycles. The first-order valence-corrected chi connectivity index (χ1v) is 9.85. The Balaban J connectivity index is 1.28. The molecule has 0 aliphatic carbocycles. The molecule has 7 nitrogen and oxygen atoms in total. The summed E-state index contributed by atoms with van der Waals surface area (Å²) in [6.45, 7) is 4.33. The monoisotopic (exact) mass is 389 g/mol. The van der Waals surface area contributed by atoms with Crippen LogP contribution < -0.4 is 0 Å². The van der Waals surface area contributed by atoms with Crippen LogP contribution in [0.15, 0.2) is 53.2 Å². The molecule has 0 bridgehead atoms. The van der Waals surface area contributed by atoms with Crippen molar-refractivity contribution in [2.75, 3.05) is 26.7 Å². The van der Waals surface area contributed by atoms with Gasteiger partial charge in [0, 0.05) is 36.8 Å². The number of likely N-dealkylation sites (tertiary alicyclic amines) is 2. The molecule has 1 spiro atoms. The first-order chi connectivity index (χ1) is 14.0. The number of pyridine rings is 1. The lowest BCUT2D eigenvalue weighted by Gasteiger charge is -2.48. The average molecular weight is 389 g/mol. The molecule has 148 valence electrons. The summed E-state index contributed by atoms with van der Waals surface area (Å²) in [5.74, 6) is 1.28. The van der Waals surface area contributed by atoms with Crippen LogP contribution in [0.25, 0.3) is 11.5 Å². The Labute approximate surface area is 169 Å². The molecule has 1 unspecified atom stereocenters. The van der Waals surface area contributed by atoms with Crippen LogP contribution >= 0.6 is 0 Å². The third-order valence-electron chi connectivity index (χ3n) is 6.06. The summed E-state index contributed by atoms with van der Waals surface area (Å²) in [4.78, 5) is 25.9. The Kier molecular flexibility index (Phi) is 4.20. The zero-order chi connectivity index (χ0) is 20.0. The number of aryl methyl sites for hydroxylation is 1. The molecule has 5 rings (SSSR count). The maximum atomic E-state index is 12.8. The van der Waals surface area contributed by atoms with Gasteiger partial charge in [0.05, 0.1) is 6.04 Å². The van der Waals surface area contributed by atoms with Crippen molar-refractivity contribution in [3.8, 4) is 11.5 Å². The topological polar surface area (TPSA) is 75.4 Å². The van der Waals surface area contributed by atoms with Crippen molar-refractivity contribution >= 4 is 5.91 Å². The highest BCUT2D eigenvalue weighted by Gasteiger charge is 2.53. The smallest absolute Gasteiger partial charge is 0.272 e. The second-order valence-electron chi connectivity index (χ2n) is 8.29. The number of nitrogens with zero attached hydrogens (tertiary/aromatic N) is 5. The van der Waals surface area contributed by atoms with Gasteiger partial charge in [-0.1, -0.05) is 29.4 Å². The van der Waals surface area contributed by atoms with Gasteiger partial charge in [0.2, 0.25) is 0 Å². The molecule has 29 heavy (non-hydrogen) atoms. The van der Waals surface area contributed by atoms with Crippen molar-refractivity contribution in [1.29, 1.82) is 0 Å². The molecular formula is C22H23N5O2. The van der Waals surface area contributed by atoms with Crippen LogP contribution in [-0.2, 0) is 0 Å². The van der Waals surface area contributed by atoms with E-state index in [-0.39, 0.29) is 17.4 Å². The van der Waals surface area contributed by atoms with Crippen LogP contribution in [-0.4, -0.2) is 57.5 Å². The first-order valence-electron chi connectivity index (χ1n) is 9.85. The minimum Gasteiger partial charge on any atom is -0.336 e. The van der Waals surface area contributed by atoms with Gasteiger partial charge >= 0.3 is 0 Å². The van der Waals surface area contributed by atoms with Crippen molar-refractivity contribution in [1.82, 2.24) is 24.9 Å². The van der Waals surface area contributed by atoms with Gasteiger partial charge < -0.3 is 9.42 Å². The normalized spacial score (nSPS) is 20.8. The summed E-state index contributed by atoms with van der Waals surface area (Å²) < 4.78 is 5.50. The fourth-order valence-electron chi connectivity index (χ4n) is 4.62. The largest absolute Gasteiger partial charge is 0.336 e. The molecule has 0 saturated carbocycles. The van der Waals surface area contributed by atoms with E-state index in [1.807, 2.05) is 54.3 Å². The Hall–Kier alpha value is -3.06. The van der Waals surface area contributed by atoms with E-state index in [9.17, 15) is 4.79 Å². The Morgan fingerprint density at radius 3 is 2.69 bits per heavy atom. The maximum Gasteiger partial charge on any atom is 0.272 e. The van der Waals surface area contributed by atoms with E-state index in [1.54, 1.807) is 6.20 Å². The highest BCUT2D eigenvalue weighted by Crippen LogP contribution is 2.47. The van der Waals surface area contributed by atoms with Crippen molar-refractivity contribution in [2.24, 2.45) is 5.41 Å². The summed E-state index contributed by atoms with van der Waals surface area (Å²) in [6.07, 6.45) is 2.60. The third-order valence-corrected chi connectivity index (χ3v) is 6.06. The summed E-state index contributed by atoms with van der Waals surface area (Å²) in [7, 11) is 2.09. The summed E-state index contributed by atoms with van der Waals surface area (Å²) in [6, 6.07) is 13.7. The fraction of sp³-hybridized carbons (Fsp3) is 0.364. The zero-order valence-corrected chi connectivity index (χ0v) is 16.6. The predicted octanol–water partition coefficient (Wildman–Crippen LogP) is 2.96. The molecule has 1 amide bonds. The van der Waals surface area contributed by atoms with Crippen molar-refractivity contribution < 1.29 is 9.32 Å². The molecule has 2 aromatic heterocycles. The van der Waals surface area contributed by atoms with Gasteiger partial charge in [0.15, 0.2) is 5.82 Å². The van der Waals surface area contributed by atoms with Gasteiger partial charge in [-0.3, -0.25) is 14.7 Å². The van der Waals surface area contributed by atoms with Gasteiger partial charge in [-0.25, -0.2) is 0 Å². The summed E-state index contributed by atoms with van der Waals surface area (Å²) in [5, 5.41) is 4.24. The Morgan fingerprint density at radius 1 is 1.14 bits per heavy atom. The SMILES string of the molecule is Cc1cccnc1C(=O)N1CC2(CC(c3noc(-c4ccccc4)n3)N(C)C2)C1. The van der Waals surface area contributed by atoms with Crippen LogP contribution in [0.5, 0.6) is 0 Å². The minimum atomic E-state index is 0.0192. The van der Waals surface area contributed by atoms with Crippen LogP contribution in [0.2, 0.25) is 0 Å².